The highest BCUT2D eigenvalue weighted by atomic mass is 32.2. The quantitative estimate of drug-likeness (QED) is 0.639. The van der Waals surface area contributed by atoms with Gasteiger partial charge in [-0.2, -0.15) is 11.8 Å². The standard InChI is InChI=1S/C14H27NO3S/c1-3-15-14(2,13(16)17)8-4-5-11-19-12-6-9-18-10-7-12/h12,15H,3-11H2,1-2H3,(H,16,17). The number of thioether (sulfide) groups is 1. The molecule has 0 bridgehead atoms. The normalized spacial score (nSPS) is 20.1. The number of nitrogens with one attached hydrogen (secondary N) is 1. The van der Waals surface area contributed by atoms with Crippen molar-refractivity contribution in [1.82, 2.24) is 5.32 Å². The molecule has 1 atom stereocenters. The highest BCUT2D eigenvalue weighted by Gasteiger charge is 2.31. The molecule has 112 valence electrons. The van der Waals surface area contributed by atoms with E-state index in [0.29, 0.717) is 13.0 Å². The largest absolute Gasteiger partial charge is 0.480 e. The lowest BCUT2D eigenvalue weighted by Crippen LogP contribution is -2.49. The van der Waals surface area contributed by atoms with Gasteiger partial charge in [0.1, 0.15) is 5.54 Å². The average Bonchev–Trinajstić information content (AvgIpc) is 2.39. The van der Waals surface area contributed by atoms with Gasteiger partial charge in [-0.1, -0.05) is 13.3 Å². The van der Waals surface area contributed by atoms with Gasteiger partial charge in [0.05, 0.1) is 0 Å². The third kappa shape index (κ3) is 6.15. The van der Waals surface area contributed by atoms with Crippen LogP contribution in [0.2, 0.25) is 0 Å². The number of carboxylic acids is 1. The van der Waals surface area contributed by atoms with E-state index in [9.17, 15) is 9.90 Å². The Bertz CT molecular complexity index is 269. The van der Waals surface area contributed by atoms with Crippen molar-refractivity contribution in [2.45, 2.75) is 56.7 Å². The Morgan fingerprint density at radius 3 is 2.68 bits per heavy atom. The Balaban J connectivity index is 2.12. The van der Waals surface area contributed by atoms with Crippen molar-refractivity contribution >= 4 is 17.7 Å². The number of hydrogen-bond donors (Lipinski definition) is 2. The van der Waals surface area contributed by atoms with E-state index < -0.39 is 11.5 Å². The van der Waals surface area contributed by atoms with Gasteiger partial charge < -0.3 is 15.2 Å². The zero-order valence-corrected chi connectivity index (χ0v) is 12.9. The molecule has 5 heteroatoms. The molecule has 0 aromatic rings. The number of carboxylic acid groups (broad SMARTS) is 1. The summed E-state index contributed by atoms with van der Waals surface area (Å²) in [6.45, 7) is 6.22. The van der Waals surface area contributed by atoms with E-state index in [1.54, 1.807) is 6.92 Å². The summed E-state index contributed by atoms with van der Waals surface area (Å²) in [4.78, 5) is 11.2. The number of unbranched alkanes of at least 4 members (excludes halogenated alkanes) is 1. The van der Waals surface area contributed by atoms with E-state index in [4.69, 9.17) is 4.74 Å². The van der Waals surface area contributed by atoms with Gasteiger partial charge in [-0.3, -0.25) is 4.79 Å². The van der Waals surface area contributed by atoms with E-state index in [1.165, 1.54) is 0 Å². The van der Waals surface area contributed by atoms with Crippen molar-refractivity contribution in [3.05, 3.63) is 0 Å². The van der Waals surface area contributed by atoms with Crippen LogP contribution >= 0.6 is 11.8 Å². The van der Waals surface area contributed by atoms with Gasteiger partial charge in [0, 0.05) is 18.5 Å². The zero-order valence-electron chi connectivity index (χ0n) is 12.1. The summed E-state index contributed by atoms with van der Waals surface area (Å²) < 4.78 is 5.34. The zero-order chi connectivity index (χ0) is 14.1. The predicted octanol–water partition coefficient (Wildman–Crippen LogP) is 2.52. The van der Waals surface area contributed by atoms with E-state index in [-0.39, 0.29) is 0 Å². The molecule has 1 fully saturated rings. The number of rotatable bonds is 9. The summed E-state index contributed by atoms with van der Waals surface area (Å²) in [5.41, 5.74) is -0.766. The average molecular weight is 289 g/mol. The molecular formula is C14H27NO3S. The van der Waals surface area contributed by atoms with Gasteiger partial charge in [-0.05, 0) is 44.9 Å². The second-order valence-electron chi connectivity index (χ2n) is 5.31. The first-order valence-corrected chi connectivity index (χ1v) is 8.31. The molecule has 1 saturated heterocycles. The molecule has 0 radical (unpaired) electrons. The van der Waals surface area contributed by atoms with Gasteiger partial charge in [-0.25, -0.2) is 0 Å². The highest BCUT2D eigenvalue weighted by Crippen LogP contribution is 2.24. The van der Waals surface area contributed by atoms with Crippen LogP contribution in [0.4, 0.5) is 0 Å². The van der Waals surface area contributed by atoms with E-state index in [2.05, 4.69) is 5.32 Å². The summed E-state index contributed by atoms with van der Waals surface area (Å²) in [6.07, 6.45) is 5.08. The van der Waals surface area contributed by atoms with Crippen molar-refractivity contribution in [3.8, 4) is 0 Å². The molecule has 19 heavy (non-hydrogen) atoms. The third-order valence-electron chi connectivity index (χ3n) is 3.63. The maximum atomic E-state index is 11.2. The maximum Gasteiger partial charge on any atom is 0.323 e. The van der Waals surface area contributed by atoms with Gasteiger partial charge in [0.15, 0.2) is 0 Å². The minimum Gasteiger partial charge on any atom is -0.480 e. The molecule has 0 aromatic carbocycles. The van der Waals surface area contributed by atoms with Crippen LogP contribution in [0.3, 0.4) is 0 Å². The van der Waals surface area contributed by atoms with Crippen LogP contribution in [-0.2, 0) is 9.53 Å². The molecule has 0 amide bonds. The SMILES string of the molecule is CCNC(C)(CCCCSC1CCOCC1)C(=O)O. The minimum atomic E-state index is -0.766. The van der Waals surface area contributed by atoms with Gasteiger partial charge in [0.25, 0.3) is 0 Å². The first kappa shape index (κ1) is 16.8. The topological polar surface area (TPSA) is 58.6 Å². The molecule has 1 aliphatic rings. The first-order valence-electron chi connectivity index (χ1n) is 7.26. The Morgan fingerprint density at radius 1 is 1.42 bits per heavy atom. The van der Waals surface area contributed by atoms with E-state index in [0.717, 1.165) is 49.9 Å². The second-order valence-corrected chi connectivity index (χ2v) is 6.72. The molecular weight excluding hydrogens is 262 g/mol. The van der Waals surface area contributed by atoms with Crippen molar-refractivity contribution < 1.29 is 14.6 Å². The molecule has 1 aliphatic heterocycles. The number of aliphatic carboxylic acids is 1. The molecule has 1 unspecified atom stereocenters. The second kappa shape index (κ2) is 8.82. The van der Waals surface area contributed by atoms with Gasteiger partial charge in [0.2, 0.25) is 0 Å². The molecule has 0 aliphatic carbocycles. The van der Waals surface area contributed by atoms with E-state index in [1.807, 2.05) is 18.7 Å². The van der Waals surface area contributed by atoms with Crippen LogP contribution in [0, 0.1) is 0 Å². The fraction of sp³-hybridized carbons (Fsp3) is 0.929. The molecule has 4 nitrogen and oxygen atoms in total. The molecule has 1 heterocycles. The molecule has 1 rings (SSSR count). The van der Waals surface area contributed by atoms with Crippen molar-refractivity contribution in [3.63, 3.8) is 0 Å². The van der Waals surface area contributed by atoms with Crippen molar-refractivity contribution in [2.24, 2.45) is 0 Å². The van der Waals surface area contributed by atoms with Crippen molar-refractivity contribution in [2.75, 3.05) is 25.5 Å². The maximum absolute atomic E-state index is 11.2. The van der Waals surface area contributed by atoms with Crippen LogP contribution in [-0.4, -0.2) is 47.4 Å². The monoisotopic (exact) mass is 289 g/mol. The highest BCUT2D eigenvalue weighted by molar-refractivity contribution is 7.99. The lowest BCUT2D eigenvalue weighted by Gasteiger charge is -2.26. The Hall–Kier alpha value is -0.260. The predicted molar refractivity (Wildman–Crippen MR) is 79.9 cm³/mol. The van der Waals surface area contributed by atoms with Crippen LogP contribution in [0.15, 0.2) is 0 Å². The molecule has 0 spiro atoms. The fourth-order valence-electron chi connectivity index (χ4n) is 2.33. The number of hydrogen-bond acceptors (Lipinski definition) is 4. The Morgan fingerprint density at radius 2 is 2.11 bits per heavy atom. The van der Waals surface area contributed by atoms with Gasteiger partial charge >= 0.3 is 5.97 Å². The van der Waals surface area contributed by atoms with Crippen LogP contribution < -0.4 is 5.32 Å². The van der Waals surface area contributed by atoms with Crippen LogP contribution in [0.1, 0.15) is 46.0 Å². The molecule has 0 saturated carbocycles. The first-order chi connectivity index (χ1) is 9.08. The summed E-state index contributed by atoms with van der Waals surface area (Å²) in [6, 6.07) is 0. The fourth-order valence-corrected chi connectivity index (χ4v) is 3.56. The lowest BCUT2D eigenvalue weighted by molar-refractivity contribution is -0.144. The van der Waals surface area contributed by atoms with Crippen LogP contribution in [0.25, 0.3) is 0 Å². The molecule has 2 N–H and O–H groups in total. The Labute approximate surface area is 120 Å². The molecule has 0 aromatic heterocycles. The Kier molecular flexibility index (Phi) is 7.80. The van der Waals surface area contributed by atoms with Crippen molar-refractivity contribution in [1.29, 1.82) is 0 Å². The van der Waals surface area contributed by atoms with Gasteiger partial charge in [-0.15, -0.1) is 0 Å². The summed E-state index contributed by atoms with van der Waals surface area (Å²) in [5, 5.41) is 13.1. The smallest absolute Gasteiger partial charge is 0.323 e. The third-order valence-corrected chi connectivity index (χ3v) is 5.10. The lowest BCUT2D eigenvalue weighted by atomic mass is 9.95. The summed E-state index contributed by atoms with van der Waals surface area (Å²) in [5.74, 6) is 0.387. The van der Waals surface area contributed by atoms with E-state index >= 15 is 0 Å². The number of ether oxygens (including phenoxy) is 1. The number of likely N-dealkylation sites (N-methyl/N-ethyl adjacent to an activating group) is 1. The summed E-state index contributed by atoms with van der Waals surface area (Å²) in [7, 11) is 0. The van der Waals surface area contributed by atoms with Crippen LogP contribution in [0.5, 0.6) is 0 Å². The minimum absolute atomic E-state index is 0.694. The number of carbonyl (C=O) groups is 1. The summed E-state index contributed by atoms with van der Waals surface area (Å²) >= 11 is 2.02.